The van der Waals surface area contributed by atoms with Crippen molar-refractivity contribution in [3.05, 3.63) is 69.1 Å². The SMILES string of the molecule is CNc1ccc(Cc2nn(C)c(=O)c3cc(C)c(C)cc23)cc1. The van der Waals surface area contributed by atoms with Crippen LogP contribution in [0.1, 0.15) is 22.4 Å². The number of fused-ring (bicyclic) bond motifs is 1. The van der Waals surface area contributed by atoms with E-state index in [1.807, 2.05) is 20.0 Å². The van der Waals surface area contributed by atoms with Crippen LogP contribution in [-0.4, -0.2) is 16.8 Å². The molecule has 1 aromatic heterocycles. The lowest BCUT2D eigenvalue weighted by molar-refractivity contribution is 0.697. The molecule has 0 saturated heterocycles. The zero-order valence-corrected chi connectivity index (χ0v) is 14.0. The van der Waals surface area contributed by atoms with Crippen LogP contribution >= 0.6 is 0 Å². The van der Waals surface area contributed by atoms with Gasteiger partial charge in [-0.1, -0.05) is 12.1 Å². The summed E-state index contributed by atoms with van der Waals surface area (Å²) in [7, 11) is 3.62. The summed E-state index contributed by atoms with van der Waals surface area (Å²) in [5.74, 6) is 0. The van der Waals surface area contributed by atoms with Crippen LogP contribution in [0.4, 0.5) is 5.69 Å². The molecule has 3 rings (SSSR count). The highest BCUT2D eigenvalue weighted by Crippen LogP contribution is 2.21. The van der Waals surface area contributed by atoms with Crippen LogP contribution in [0.5, 0.6) is 0 Å². The van der Waals surface area contributed by atoms with Gasteiger partial charge >= 0.3 is 0 Å². The summed E-state index contributed by atoms with van der Waals surface area (Å²) >= 11 is 0. The largest absolute Gasteiger partial charge is 0.388 e. The van der Waals surface area contributed by atoms with Crippen LogP contribution in [0.2, 0.25) is 0 Å². The molecule has 1 heterocycles. The molecule has 2 aromatic carbocycles. The molecular formula is C19H21N3O. The van der Waals surface area contributed by atoms with E-state index in [2.05, 4.69) is 47.7 Å². The lowest BCUT2D eigenvalue weighted by Crippen LogP contribution is -2.21. The summed E-state index contributed by atoms with van der Waals surface area (Å²) in [5, 5.41) is 9.31. The van der Waals surface area contributed by atoms with Crippen LogP contribution < -0.4 is 10.9 Å². The van der Waals surface area contributed by atoms with Crippen molar-refractivity contribution < 1.29 is 0 Å². The lowest BCUT2D eigenvalue weighted by atomic mass is 10.00. The zero-order chi connectivity index (χ0) is 16.6. The molecule has 4 heteroatoms. The number of anilines is 1. The molecule has 0 fully saturated rings. The van der Waals surface area contributed by atoms with Gasteiger partial charge in [-0.2, -0.15) is 5.10 Å². The van der Waals surface area contributed by atoms with Gasteiger partial charge in [-0.05, 0) is 54.8 Å². The van der Waals surface area contributed by atoms with E-state index in [1.54, 1.807) is 7.05 Å². The summed E-state index contributed by atoms with van der Waals surface area (Å²) in [6, 6.07) is 12.3. The maximum absolute atomic E-state index is 12.4. The van der Waals surface area contributed by atoms with Gasteiger partial charge in [0.1, 0.15) is 0 Å². The normalized spacial score (nSPS) is 11.0. The molecule has 3 aromatic rings. The molecule has 0 aliphatic rings. The van der Waals surface area contributed by atoms with Gasteiger partial charge in [-0.15, -0.1) is 0 Å². The third kappa shape index (κ3) is 2.84. The van der Waals surface area contributed by atoms with Gasteiger partial charge in [0.2, 0.25) is 0 Å². The molecule has 118 valence electrons. The maximum Gasteiger partial charge on any atom is 0.274 e. The fourth-order valence-electron chi connectivity index (χ4n) is 2.80. The van der Waals surface area contributed by atoms with Crippen LogP contribution in [0, 0.1) is 13.8 Å². The number of nitrogens with one attached hydrogen (secondary N) is 1. The minimum absolute atomic E-state index is 0.0441. The standard InChI is InChI=1S/C19H21N3O/c1-12-9-16-17(10-13(12)2)19(23)22(4)21-18(16)11-14-5-7-15(20-3)8-6-14/h5-10,20H,11H2,1-4H3. The van der Waals surface area contributed by atoms with Crippen LogP contribution in [0.3, 0.4) is 0 Å². The highest BCUT2D eigenvalue weighted by Gasteiger charge is 2.11. The molecule has 23 heavy (non-hydrogen) atoms. The first-order valence-corrected chi connectivity index (χ1v) is 7.73. The van der Waals surface area contributed by atoms with Crippen LogP contribution in [-0.2, 0) is 13.5 Å². The molecule has 0 aliphatic carbocycles. The van der Waals surface area contributed by atoms with Crippen molar-refractivity contribution in [2.75, 3.05) is 12.4 Å². The predicted octanol–water partition coefficient (Wildman–Crippen LogP) is 3.18. The Balaban J connectivity index is 2.14. The van der Waals surface area contributed by atoms with Crippen molar-refractivity contribution in [3.63, 3.8) is 0 Å². The molecule has 0 unspecified atom stereocenters. The molecule has 0 atom stereocenters. The summed E-state index contributed by atoms with van der Waals surface area (Å²) < 4.78 is 1.44. The number of aromatic nitrogens is 2. The van der Waals surface area contributed by atoms with E-state index in [1.165, 1.54) is 15.8 Å². The fourth-order valence-corrected chi connectivity index (χ4v) is 2.80. The van der Waals surface area contributed by atoms with E-state index in [9.17, 15) is 4.79 Å². The van der Waals surface area contributed by atoms with E-state index in [0.717, 1.165) is 27.7 Å². The Labute approximate surface area is 135 Å². The number of benzene rings is 2. The van der Waals surface area contributed by atoms with Crippen molar-refractivity contribution >= 4 is 16.5 Å². The summed E-state index contributed by atoms with van der Waals surface area (Å²) in [4.78, 5) is 12.4. The second-order valence-corrected chi connectivity index (χ2v) is 5.98. The number of aryl methyl sites for hydroxylation is 3. The van der Waals surface area contributed by atoms with Crippen molar-refractivity contribution in [1.82, 2.24) is 9.78 Å². The minimum Gasteiger partial charge on any atom is -0.388 e. The molecule has 1 N–H and O–H groups in total. The topological polar surface area (TPSA) is 46.9 Å². The first kappa shape index (κ1) is 15.3. The van der Waals surface area contributed by atoms with E-state index in [4.69, 9.17) is 0 Å². The molecule has 0 saturated carbocycles. The third-order valence-electron chi connectivity index (χ3n) is 4.35. The van der Waals surface area contributed by atoms with Gasteiger partial charge in [-0.25, -0.2) is 4.68 Å². The van der Waals surface area contributed by atoms with Gasteiger partial charge in [0.25, 0.3) is 5.56 Å². The number of hydrogen-bond donors (Lipinski definition) is 1. The van der Waals surface area contributed by atoms with E-state index >= 15 is 0 Å². The molecule has 0 amide bonds. The van der Waals surface area contributed by atoms with Gasteiger partial charge in [0, 0.05) is 31.6 Å². The van der Waals surface area contributed by atoms with Crippen LogP contribution in [0.15, 0.2) is 41.2 Å². The monoisotopic (exact) mass is 307 g/mol. The van der Waals surface area contributed by atoms with E-state index in [-0.39, 0.29) is 5.56 Å². The smallest absolute Gasteiger partial charge is 0.274 e. The maximum atomic E-state index is 12.4. The van der Waals surface area contributed by atoms with Crippen molar-refractivity contribution in [2.24, 2.45) is 7.05 Å². The quantitative estimate of drug-likeness (QED) is 0.808. The minimum atomic E-state index is -0.0441. The van der Waals surface area contributed by atoms with Gasteiger partial charge < -0.3 is 5.32 Å². The lowest BCUT2D eigenvalue weighted by Gasteiger charge is -2.11. The Morgan fingerprint density at radius 2 is 1.65 bits per heavy atom. The van der Waals surface area contributed by atoms with Gasteiger partial charge in [-0.3, -0.25) is 4.79 Å². The average Bonchev–Trinajstić information content (AvgIpc) is 2.55. The van der Waals surface area contributed by atoms with Gasteiger partial charge in [0.05, 0.1) is 11.1 Å². The second-order valence-electron chi connectivity index (χ2n) is 5.98. The molecular weight excluding hydrogens is 286 g/mol. The third-order valence-corrected chi connectivity index (χ3v) is 4.35. The Morgan fingerprint density at radius 3 is 2.26 bits per heavy atom. The molecule has 0 spiro atoms. The number of nitrogens with zero attached hydrogens (tertiary/aromatic N) is 2. The Hall–Kier alpha value is -2.62. The predicted molar refractivity (Wildman–Crippen MR) is 95.3 cm³/mol. The summed E-state index contributed by atoms with van der Waals surface area (Å²) in [6.45, 7) is 4.10. The highest BCUT2D eigenvalue weighted by atomic mass is 16.1. The van der Waals surface area contributed by atoms with Crippen molar-refractivity contribution in [1.29, 1.82) is 0 Å². The van der Waals surface area contributed by atoms with E-state index in [0.29, 0.717) is 6.42 Å². The van der Waals surface area contributed by atoms with Gasteiger partial charge in [0.15, 0.2) is 0 Å². The zero-order valence-electron chi connectivity index (χ0n) is 14.0. The first-order valence-electron chi connectivity index (χ1n) is 7.73. The number of hydrogen-bond acceptors (Lipinski definition) is 3. The van der Waals surface area contributed by atoms with E-state index < -0.39 is 0 Å². The summed E-state index contributed by atoms with van der Waals surface area (Å²) in [5.41, 5.74) is 5.46. The Bertz CT molecular complexity index is 924. The fraction of sp³-hybridized carbons (Fsp3) is 0.263. The molecule has 0 bridgehead atoms. The summed E-state index contributed by atoms with van der Waals surface area (Å²) in [6.07, 6.45) is 0.705. The van der Waals surface area contributed by atoms with Crippen LogP contribution in [0.25, 0.3) is 10.8 Å². The highest BCUT2D eigenvalue weighted by molar-refractivity contribution is 5.85. The molecule has 0 aliphatic heterocycles. The molecule has 0 radical (unpaired) electrons. The average molecular weight is 307 g/mol. The Morgan fingerprint density at radius 1 is 1.04 bits per heavy atom. The van der Waals surface area contributed by atoms with Crippen molar-refractivity contribution in [2.45, 2.75) is 20.3 Å². The van der Waals surface area contributed by atoms with Crippen molar-refractivity contribution in [3.8, 4) is 0 Å². The molecule has 4 nitrogen and oxygen atoms in total. The Kier molecular flexibility index (Phi) is 3.90. The second kappa shape index (κ2) is 5.88. The first-order chi connectivity index (χ1) is 11.0. The number of rotatable bonds is 3.